The maximum atomic E-state index is 12.8. The molecule has 1 aromatic rings. The molecule has 94 valence electrons. The molecule has 1 aromatic heterocycles. The molecule has 4 nitrogen and oxygen atoms in total. The number of hydrogen-bond donors (Lipinski definition) is 1. The van der Waals surface area contributed by atoms with E-state index in [0.29, 0.717) is 5.69 Å². The fourth-order valence-corrected chi connectivity index (χ4v) is 1.90. The second kappa shape index (κ2) is 6.02. The normalized spacial score (nSPS) is 10.7. The smallest absolute Gasteiger partial charge is 0.310 e. The highest BCUT2D eigenvalue weighted by Gasteiger charge is 2.20. The van der Waals surface area contributed by atoms with Crippen LogP contribution in [0.1, 0.15) is 23.2 Å². The van der Waals surface area contributed by atoms with Gasteiger partial charge in [-0.1, -0.05) is 0 Å². The lowest BCUT2D eigenvalue weighted by Gasteiger charge is -2.11. The third kappa shape index (κ3) is 3.44. The standard InChI is InChI=1S/C10H11BrF2N2O2/c1-17-8(16)3-6-7(10(12)13)2-5(4-14)15-9(6)11/h2,10H,3-4,14H2,1H3. The summed E-state index contributed by atoms with van der Waals surface area (Å²) in [4.78, 5) is 15.1. The predicted octanol–water partition coefficient (Wildman–Crippen LogP) is 1.96. The van der Waals surface area contributed by atoms with Crippen LogP contribution in [-0.4, -0.2) is 18.1 Å². The lowest BCUT2D eigenvalue weighted by molar-refractivity contribution is -0.139. The van der Waals surface area contributed by atoms with E-state index in [1.165, 1.54) is 13.2 Å². The molecule has 1 heterocycles. The maximum absolute atomic E-state index is 12.8. The molecule has 2 N–H and O–H groups in total. The Morgan fingerprint density at radius 1 is 1.65 bits per heavy atom. The average Bonchev–Trinajstić information content (AvgIpc) is 2.30. The van der Waals surface area contributed by atoms with Gasteiger partial charge in [0.15, 0.2) is 0 Å². The van der Waals surface area contributed by atoms with E-state index in [0.717, 1.165) is 0 Å². The Balaban J connectivity index is 3.21. The highest BCUT2D eigenvalue weighted by atomic mass is 79.9. The van der Waals surface area contributed by atoms with E-state index in [1.54, 1.807) is 0 Å². The van der Waals surface area contributed by atoms with Crippen LogP contribution in [0, 0.1) is 0 Å². The Labute approximate surface area is 105 Å². The molecule has 0 saturated heterocycles. The number of carbonyl (C=O) groups is 1. The zero-order chi connectivity index (χ0) is 13.0. The number of pyridine rings is 1. The molecule has 0 saturated carbocycles. The van der Waals surface area contributed by atoms with E-state index in [1.807, 2.05) is 0 Å². The van der Waals surface area contributed by atoms with Crippen LogP contribution >= 0.6 is 15.9 Å². The van der Waals surface area contributed by atoms with Crippen molar-refractivity contribution in [2.24, 2.45) is 5.73 Å². The third-order valence-electron chi connectivity index (χ3n) is 2.15. The molecular weight excluding hydrogens is 298 g/mol. The Hall–Kier alpha value is -1.08. The first kappa shape index (κ1) is 14.0. The molecule has 0 amide bonds. The minimum Gasteiger partial charge on any atom is -0.469 e. The van der Waals surface area contributed by atoms with Crippen molar-refractivity contribution in [2.75, 3.05) is 7.11 Å². The van der Waals surface area contributed by atoms with Gasteiger partial charge in [0.05, 0.1) is 19.2 Å². The van der Waals surface area contributed by atoms with Gasteiger partial charge in [0.2, 0.25) is 0 Å². The van der Waals surface area contributed by atoms with Gasteiger partial charge in [0.1, 0.15) is 4.60 Å². The van der Waals surface area contributed by atoms with E-state index in [4.69, 9.17) is 5.73 Å². The summed E-state index contributed by atoms with van der Waals surface area (Å²) in [5.41, 5.74) is 5.56. The third-order valence-corrected chi connectivity index (χ3v) is 2.81. The predicted molar refractivity (Wildman–Crippen MR) is 60.5 cm³/mol. The molecule has 0 spiro atoms. The summed E-state index contributed by atoms with van der Waals surface area (Å²) in [6.07, 6.45) is -2.95. The number of esters is 1. The van der Waals surface area contributed by atoms with Gasteiger partial charge in [0.25, 0.3) is 6.43 Å². The Morgan fingerprint density at radius 3 is 2.76 bits per heavy atom. The van der Waals surface area contributed by atoms with E-state index >= 15 is 0 Å². The molecule has 0 aliphatic heterocycles. The quantitative estimate of drug-likeness (QED) is 0.682. The van der Waals surface area contributed by atoms with Crippen LogP contribution in [0.5, 0.6) is 0 Å². The first-order valence-electron chi connectivity index (χ1n) is 4.72. The SMILES string of the molecule is COC(=O)Cc1c(C(F)F)cc(CN)nc1Br. The average molecular weight is 309 g/mol. The van der Waals surface area contributed by atoms with Crippen molar-refractivity contribution >= 4 is 21.9 Å². The van der Waals surface area contributed by atoms with Crippen molar-refractivity contribution in [3.63, 3.8) is 0 Å². The lowest BCUT2D eigenvalue weighted by atomic mass is 10.1. The summed E-state index contributed by atoms with van der Waals surface area (Å²) in [6.45, 7) is 0.0524. The summed E-state index contributed by atoms with van der Waals surface area (Å²) in [5.74, 6) is -0.602. The van der Waals surface area contributed by atoms with Gasteiger partial charge in [-0.25, -0.2) is 13.8 Å². The maximum Gasteiger partial charge on any atom is 0.310 e. The minimum absolute atomic E-state index is 0.0524. The lowest BCUT2D eigenvalue weighted by Crippen LogP contribution is -2.11. The first-order valence-corrected chi connectivity index (χ1v) is 5.52. The van der Waals surface area contributed by atoms with E-state index in [2.05, 4.69) is 25.7 Å². The van der Waals surface area contributed by atoms with Crippen LogP contribution in [0.3, 0.4) is 0 Å². The van der Waals surface area contributed by atoms with Crippen molar-refractivity contribution in [3.05, 3.63) is 27.5 Å². The summed E-state index contributed by atoms with van der Waals surface area (Å²) >= 11 is 3.06. The van der Waals surface area contributed by atoms with Crippen molar-refractivity contribution in [3.8, 4) is 0 Å². The largest absolute Gasteiger partial charge is 0.469 e. The van der Waals surface area contributed by atoms with Gasteiger partial charge in [-0.3, -0.25) is 4.79 Å². The zero-order valence-corrected chi connectivity index (χ0v) is 10.6. The Kier molecular flexibility index (Phi) is 4.95. The van der Waals surface area contributed by atoms with Crippen LogP contribution < -0.4 is 5.73 Å². The Bertz CT molecular complexity index is 427. The van der Waals surface area contributed by atoms with Gasteiger partial charge in [-0.2, -0.15) is 0 Å². The molecule has 7 heteroatoms. The monoisotopic (exact) mass is 308 g/mol. The summed E-state index contributed by atoms with van der Waals surface area (Å²) in [6, 6.07) is 1.20. The number of rotatable bonds is 4. The summed E-state index contributed by atoms with van der Waals surface area (Å²) < 4.78 is 30.3. The van der Waals surface area contributed by atoms with Crippen LogP contribution in [0.25, 0.3) is 0 Å². The van der Waals surface area contributed by atoms with Gasteiger partial charge < -0.3 is 10.5 Å². The number of methoxy groups -OCH3 is 1. The van der Waals surface area contributed by atoms with Gasteiger partial charge in [-0.15, -0.1) is 0 Å². The molecule has 0 bridgehead atoms. The molecular formula is C10H11BrF2N2O2. The van der Waals surface area contributed by atoms with Crippen LogP contribution in [-0.2, 0) is 22.5 Å². The number of nitrogens with zero attached hydrogens (tertiary/aromatic N) is 1. The van der Waals surface area contributed by atoms with E-state index in [-0.39, 0.29) is 28.7 Å². The zero-order valence-electron chi connectivity index (χ0n) is 9.04. The fourth-order valence-electron chi connectivity index (χ4n) is 1.30. The second-order valence-corrected chi connectivity index (χ2v) is 3.98. The summed E-state index contributed by atoms with van der Waals surface area (Å²) in [7, 11) is 1.19. The fraction of sp³-hybridized carbons (Fsp3) is 0.400. The van der Waals surface area contributed by atoms with E-state index in [9.17, 15) is 13.6 Å². The van der Waals surface area contributed by atoms with Crippen molar-refractivity contribution in [1.29, 1.82) is 0 Å². The molecule has 0 aliphatic rings. The molecule has 0 aliphatic carbocycles. The van der Waals surface area contributed by atoms with Crippen LogP contribution in [0.4, 0.5) is 8.78 Å². The molecule has 0 atom stereocenters. The number of aromatic nitrogens is 1. The number of ether oxygens (including phenoxy) is 1. The Morgan fingerprint density at radius 2 is 2.29 bits per heavy atom. The topological polar surface area (TPSA) is 65.2 Å². The molecule has 0 aromatic carbocycles. The van der Waals surface area contributed by atoms with Crippen LogP contribution in [0.15, 0.2) is 10.7 Å². The summed E-state index contributed by atoms with van der Waals surface area (Å²) in [5, 5.41) is 0. The van der Waals surface area contributed by atoms with E-state index < -0.39 is 12.4 Å². The van der Waals surface area contributed by atoms with Gasteiger partial charge in [0, 0.05) is 17.7 Å². The van der Waals surface area contributed by atoms with Crippen LogP contribution in [0.2, 0.25) is 0 Å². The number of nitrogens with two attached hydrogens (primary N) is 1. The number of carbonyl (C=O) groups excluding carboxylic acids is 1. The van der Waals surface area contributed by atoms with Crippen molar-refractivity contribution < 1.29 is 18.3 Å². The molecule has 17 heavy (non-hydrogen) atoms. The minimum atomic E-state index is -2.70. The van der Waals surface area contributed by atoms with Gasteiger partial charge in [-0.05, 0) is 22.0 Å². The molecule has 0 fully saturated rings. The highest BCUT2D eigenvalue weighted by molar-refractivity contribution is 9.10. The molecule has 0 unspecified atom stereocenters. The number of alkyl halides is 2. The molecule has 0 radical (unpaired) electrons. The second-order valence-electron chi connectivity index (χ2n) is 3.23. The van der Waals surface area contributed by atoms with Gasteiger partial charge >= 0.3 is 5.97 Å². The van der Waals surface area contributed by atoms with Crippen molar-refractivity contribution in [2.45, 2.75) is 19.4 Å². The highest BCUT2D eigenvalue weighted by Crippen LogP contribution is 2.29. The van der Waals surface area contributed by atoms with Crippen molar-refractivity contribution in [1.82, 2.24) is 4.98 Å². The molecule has 1 rings (SSSR count). The first-order chi connectivity index (χ1) is 7.99. The number of hydrogen-bond acceptors (Lipinski definition) is 4. The number of halogens is 3.